The summed E-state index contributed by atoms with van der Waals surface area (Å²) in [4.78, 5) is 25.6. The van der Waals surface area contributed by atoms with Gasteiger partial charge in [0, 0.05) is 39.0 Å². The third-order valence-corrected chi connectivity index (χ3v) is 5.81. The number of nitrogens with zero attached hydrogens (tertiary/aromatic N) is 2. The van der Waals surface area contributed by atoms with Crippen molar-refractivity contribution in [2.75, 3.05) is 45.7 Å². The summed E-state index contributed by atoms with van der Waals surface area (Å²) in [5.74, 6) is 0.313. The van der Waals surface area contributed by atoms with E-state index in [-0.39, 0.29) is 18.8 Å². The number of aliphatic imine (C=N–C) groups is 1. The highest BCUT2D eigenvalue weighted by molar-refractivity contribution is 7.24. The van der Waals surface area contributed by atoms with Gasteiger partial charge >= 0.3 is 0 Å². The number of amides is 1. The molecule has 4 atom stereocenters. The predicted molar refractivity (Wildman–Crippen MR) is 158 cm³/mol. The van der Waals surface area contributed by atoms with Crippen LogP contribution in [0.15, 0.2) is 47.6 Å². The molecule has 0 bridgehead atoms. The molecular weight excluding hydrogens is 505 g/mol. The summed E-state index contributed by atoms with van der Waals surface area (Å²) < 4.78 is 17.0. The van der Waals surface area contributed by atoms with E-state index in [1.807, 2.05) is 51.2 Å². The van der Waals surface area contributed by atoms with Gasteiger partial charge < -0.3 is 35.3 Å². The zero-order valence-corrected chi connectivity index (χ0v) is 24.8. The number of anilines is 1. The van der Waals surface area contributed by atoms with E-state index in [4.69, 9.17) is 24.6 Å². The molecule has 1 heterocycles. The summed E-state index contributed by atoms with van der Waals surface area (Å²) in [5.41, 5.74) is 6.79. The van der Waals surface area contributed by atoms with Gasteiger partial charge in [0.1, 0.15) is 18.2 Å². The van der Waals surface area contributed by atoms with Crippen molar-refractivity contribution in [1.82, 2.24) is 10.2 Å². The SMILES string of the molecule is CC.CCNCCCCCCOC1CC(N(C=O)/C=C\C(N)=NC)OC1COPO.CNc1ccccc1. The van der Waals surface area contributed by atoms with Crippen LogP contribution in [0.2, 0.25) is 0 Å². The van der Waals surface area contributed by atoms with Crippen molar-refractivity contribution < 1.29 is 23.7 Å². The second-order valence-corrected chi connectivity index (χ2v) is 8.55. The van der Waals surface area contributed by atoms with Crippen LogP contribution in [0.4, 0.5) is 5.69 Å². The van der Waals surface area contributed by atoms with Crippen LogP contribution in [0, 0.1) is 0 Å². The molecule has 1 fully saturated rings. The number of nitrogens with two attached hydrogens (primary N) is 1. The summed E-state index contributed by atoms with van der Waals surface area (Å²) >= 11 is 0. The Bertz CT molecular complexity index is 742. The number of carbonyl (C=O) groups excluding carboxylic acids is 1. The Labute approximate surface area is 231 Å². The van der Waals surface area contributed by atoms with Crippen LogP contribution in [0.5, 0.6) is 0 Å². The molecule has 5 N–H and O–H groups in total. The number of benzene rings is 1. The number of hydrogen-bond donors (Lipinski definition) is 4. The summed E-state index contributed by atoms with van der Waals surface area (Å²) in [5, 5.41) is 6.34. The fourth-order valence-electron chi connectivity index (χ4n) is 3.49. The first kappa shape index (κ1) is 35.9. The highest BCUT2D eigenvalue weighted by Crippen LogP contribution is 2.27. The Morgan fingerprint density at radius 2 is 1.97 bits per heavy atom. The molecule has 0 aliphatic carbocycles. The Kier molecular flexibility index (Phi) is 23.8. The van der Waals surface area contributed by atoms with E-state index in [0.717, 1.165) is 31.6 Å². The molecule has 2 rings (SSSR count). The van der Waals surface area contributed by atoms with E-state index in [2.05, 4.69) is 22.5 Å². The molecule has 11 heteroatoms. The van der Waals surface area contributed by atoms with Crippen molar-refractivity contribution in [1.29, 1.82) is 0 Å². The van der Waals surface area contributed by atoms with E-state index >= 15 is 0 Å². The fourth-order valence-corrected chi connectivity index (χ4v) is 3.73. The predicted octanol–water partition coefficient (Wildman–Crippen LogP) is 3.89. The minimum absolute atomic E-state index is 0.198. The number of nitrogens with one attached hydrogen (secondary N) is 2. The molecule has 1 aliphatic rings. The highest BCUT2D eigenvalue weighted by Gasteiger charge is 2.38. The fraction of sp³-hybridized carbons (Fsp3) is 0.630. The maximum Gasteiger partial charge on any atom is 0.215 e. The van der Waals surface area contributed by atoms with Crippen molar-refractivity contribution in [2.24, 2.45) is 10.7 Å². The molecule has 0 radical (unpaired) electrons. The van der Waals surface area contributed by atoms with Crippen LogP contribution in [0.1, 0.15) is 52.9 Å². The van der Waals surface area contributed by atoms with Gasteiger partial charge in [-0.15, -0.1) is 0 Å². The molecule has 0 spiro atoms. The first-order valence-corrected chi connectivity index (χ1v) is 14.3. The summed E-state index contributed by atoms with van der Waals surface area (Å²) in [6.45, 7) is 9.02. The van der Waals surface area contributed by atoms with Gasteiger partial charge in [-0.1, -0.05) is 51.8 Å². The lowest BCUT2D eigenvalue weighted by Gasteiger charge is -2.20. The normalized spacial score (nSPS) is 19.1. The largest absolute Gasteiger partial charge is 0.388 e. The van der Waals surface area contributed by atoms with Crippen molar-refractivity contribution in [3.63, 3.8) is 0 Å². The zero-order valence-electron chi connectivity index (χ0n) is 23.8. The summed E-state index contributed by atoms with van der Waals surface area (Å²) in [7, 11) is 2.87. The van der Waals surface area contributed by atoms with Gasteiger partial charge in [-0.05, 0) is 44.1 Å². The third-order valence-electron chi connectivity index (χ3n) is 5.51. The first-order valence-electron chi connectivity index (χ1n) is 13.4. The molecule has 0 aromatic heterocycles. The molecule has 1 aliphatic heterocycles. The maximum atomic E-state index is 11.4. The summed E-state index contributed by atoms with van der Waals surface area (Å²) in [6.07, 6.45) is 7.70. The van der Waals surface area contributed by atoms with Gasteiger partial charge in [-0.3, -0.25) is 14.7 Å². The highest BCUT2D eigenvalue weighted by atomic mass is 31.1. The van der Waals surface area contributed by atoms with Crippen LogP contribution in [0.25, 0.3) is 0 Å². The van der Waals surface area contributed by atoms with Gasteiger partial charge in [0.15, 0.2) is 9.03 Å². The standard InChI is InChI=1S/C18H35N4O5P.C7H9N.C2H6/c1-3-21-9-6-4-5-7-11-25-15-12-18(27-16(15)13-26-28-24)22(14-23)10-8-17(19)20-2;1-8-7-5-3-2-4-6-7;1-2/h8,10,14-16,18,21,24,28H,3-7,9,11-13H2,1-2H3,(H2,19,20);2-6,8H,1H3;1-2H3/b10-8-;;. The van der Waals surface area contributed by atoms with Crippen molar-refractivity contribution >= 4 is 27.0 Å². The lowest BCUT2D eigenvalue weighted by atomic mass is 10.1. The topological polar surface area (TPSA) is 131 Å². The Balaban J connectivity index is 0.00000114. The van der Waals surface area contributed by atoms with Crippen LogP contribution >= 0.6 is 9.03 Å². The number of rotatable bonds is 17. The molecule has 38 heavy (non-hydrogen) atoms. The van der Waals surface area contributed by atoms with E-state index in [9.17, 15) is 4.79 Å². The van der Waals surface area contributed by atoms with Crippen molar-refractivity contribution in [3.8, 4) is 0 Å². The molecule has 0 saturated carbocycles. The maximum absolute atomic E-state index is 11.4. The Hall–Kier alpha value is -2.07. The van der Waals surface area contributed by atoms with E-state index < -0.39 is 15.3 Å². The lowest BCUT2D eigenvalue weighted by molar-refractivity contribution is -0.127. The molecule has 1 aromatic carbocycles. The number of carbonyl (C=O) groups is 1. The molecule has 1 saturated heterocycles. The van der Waals surface area contributed by atoms with E-state index in [1.54, 1.807) is 19.3 Å². The van der Waals surface area contributed by atoms with Crippen LogP contribution in [-0.2, 0) is 18.8 Å². The number of ether oxygens (including phenoxy) is 2. The second-order valence-electron chi connectivity index (χ2n) is 8.08. The van der Waals surface area contributed by atoms with Crippen molar-refractivity contribution in [3.05, 3.63) is 42.6 Å². The first-order chi connectivity index (χ1) is 18.6. The van der Waals surface area contributed by atoms with Gasteiger partial charge in [-0.25, -0.2) is 0 Å². The smallest absolute Gasteiger partial charge is 0.215 e. The number of unbranched alkanes of at least 4 members (excludes halogenated alkanes) is 3. The molecule has 10 nitrogen and oxygen atoms in total. The van der Waals surface area contributed by atoms with Gasteiger partial charge in [0.05, 0.1) is 12.7 Å². The average Bonchev–Trinajstić information content (AvgIpc) is 3.37. The molecule has 1 aromatic rings. The Morgan fingerprint density at radius 1 is 1.26 bits per heavy atom. The quantitative estimate of drug-likeness (QED) is 0.0749. The van der Waals surface area contributed by atoms with Crippen LogP contribution in [-0.4, -0.2) is 80.9 Å². The van der Waals surface area contributed by atoms with Crippen LogP contribution < -0.4 is 16.4 Å². The molecular formula is C27H50N5O5P. The third kappa shape index (κ3) is 16.7. The van der Waals surface area contributed by atoms with E-state index in [1.165, 1.54) is 17.7 Å². The van der Waals surface area contributed by atoms with E-state index in [0.29, 0.717) is 25.3 Å². The Morgan fingerprint density at radius 3 is 2.55 bits per heavy atom. The lowest BCUT2D eigenvalue weighted by Crippen LogP contribution is -2.31. The molecule has 218 valence electrons. The van der Waals surface area contributed by atoms with Gasteiger partial charge in [0.25, 0.3) is 0 Å². The minimum atomic E-state index is -0.611. The second kappa shape index (κ2) is 25.2. The van der Waals surface area contributed by atoms with Gasteiger partial charge in [-0.2, -0.15) is 0 Å². The number of para-hydroxylation sites is 1. The zero-order chi connectivity index (χ0) is 28.4. The molecule has 4 unspecified atom stereocenters. The average molecular weight is 556 g/mol. The minimum Gasteiger partial charge on any atom is -0.388 e. The number of hydrogen-bond acceptors (Lipinski definition) is 8. The molecule has 1 amide bonds. The monoisotopic (exact) mass is 555 g/mol. The van der Waals surface area contributed by atoms with Gasteiger partial charge in [0.2, 0.25) is 6.41 Å². The summed E-state index contributed by atoms with van der Waals surface area (Å²) in [6, 6.07) is 10.1. The van der Waals surface area contributed by atoms with Crippen molar-refractivity contribution in [2.45, 2.75) is 71.3 Å². The number of amidine groups is 1. The van der Waals surface area contributed by atoms with Crippen LogP contribution in [0.3, 0.4) is 0 Å².